The highest BCUT2D eigenvalue weighted by molar-refractivity contribution is 5.88. The number of carbonyl (C=O) groups excluding carboxylic acids is 2. The van der Waals surface area contributed by atoms with Gasteiger partial charge in [-0.05, 0) is 38.0 Å². The van der Waals surface area contributed by atoms with Gasteiger partial charge in [0.1, 0.15) is 11.6 Å². The van der Waals surface area contributed by atoms with Crippen LogP contribution in [0.4, 0.5) is 4.79 Å². The molecule has 0 radical (unpaired) electrons. The summed E-state index contributed by atoms with van der Waals surface area (Å²) in [5.74, 6) is -0.171. The molecule has 0 unspecified atom stereocenters. The number of fused-ring (bicyclic) bond motifs is 1. The molecule has 0 bridgehead atoms. The molecule has 2 N–H and O–H groups in total. The molecule has 3 aromatic rings. The lowest BCUT2D eigenvalue weighted by Gasteiger charge is -2.26. The van der Waals surface area contributed by atoms with E-state index in [1.54, 1.807) is 32.7 Å². The van der Waals surface area contributed by atoms with E-state index in [1.165, 1.54) is 0 Å². The van der Waals surface area contributed by atoms with Crippen molar-refractivity contribution in [1.29, 1.82) is 0 Å². The van der Waals surface area contributed by atoms with Gasteiger partial charge in [0, 0.05) is 37.1 Å². The first kappa shape index (κ1) is 21.4. The molecule has 0 aliphatic rings. The molecular weight excluding hydrogens is 378 g/mol. The van der Waals surface area contributed by atoms with E-state index in [-0.39, 0.29) is 5.91 Å². The summed E-state index contributed by atoms with van der Waals surface area (Å²) in [4.78, 5) is 30.5. The number of ether oxygens (including phenoxy) is 1. The predicted octanol–water partition coefficient (Wildman–Crippen LogP) is 4.26. The van der Waals surface area contributed by atoms with E-state index >= 15 is 0 Å². The number of aromatic amines is 1. The Kier molecular flexibility index (Phi) is 6.45. The number of hydrogen-bond donors (Lipinski definition) is 2. The molecule has 0 spiro atoms. The van der Waals surface area contributed by atoms with Crippen LogP contribution in [0.3, 0.4) is 0 Å². The quantitative estimate of drug-likeness (QED) is 0.641. The third-order valence-electron chi connectivity index (χ3n) is 4.73. The summed E-state index contributed by atoms with van der Waals surface area (Å²) in [7, 11) is 1.74. The summed E-state index contributed by atoms with van der Waals surface area (Å²) in [6, 6.07) is 16.9. The van der Waals surface area contributed by atoms with Crippen molar-refractivity contribution >= 4 is 22.9 Å². The largest absolute Gasteiger partial charge is 0.444 e. The van der Waals surface area contributed by atoms with Crippen molar-refractivity contribution in [2.24, 2.45) is 0 Å². The lowest BCUT2D eigenvalue weighted by molar-refractivity contribution is -0.132. The molecule has 158 valence electrons. The molecule has 2 aromatic carbocycles. The van der Waals surface area contributed by atoms with Gasteiger partial charge in [-0.3, -0.25) is 4.79 Å². The minimum Gasteiger partial charge on any atom is -0.444 e. The first-order valence-corrected chi connectivity index (χ1v) is 10.1. The summed E-state index contributed by atoms with van der Waals surface area (Å²) in [6.45, 7) is 5.85. The van der Waals surface area contributed by atoms with Gasteiger partial charge in [0.2, 0.25) is 5.91 Å². The van der Waals surface area contributed by atoms with E-state index in [9.17, 15) is 9.59 Å². The number of carbonyl (C=O) groups is 2. The molecule has 0 saturated heterocycles. The smallest absolute Gasteiger partial charge is 0.408 e. The van der Waals surface area contributed by atoms with E-state index in [1.807, 2.05) is 60.8 Å². The molecule has 1 atom stereocenters. The van der Waals surface area contributed by atoms with Gasteiger partial charge in [0.15, 0.2) is 0 Å². The van der Waals surface area contributed by atoms with Gasteiger partial charge in [0.25, 0.3) is 0 Å². The normalized spacial score (nSPS) is 12.4. The van der Waals surface area contributed by atoms with Crippen LogP contribution in [0.2, 0.25) is 0 Å². The Morgan fingerprint density at radius 3 is 2.43 bits per heavy atom. The van der Waals surface area contributed by atoms with Crippen molar-refractivity contribution in [2.45, 2.75) is 45.4 Å². The second-order valence-electron chi connectivity index (χ2n) is 8.44. The van der Waals surface area contributed by atoms with E-state index < -0.39 is 17.7 Å². The van der Waals surface area contributed by atoms with Crippen molar-refractivity contribution in [2.75, 3.05) is 7.05 Å². The second-order valence-corrected chi connectivity index (χ2v) is 8.44. The molecule has 30 heavy (non-hydrogen) atoms. The highest BCUT2D eigenvalue weighted by Crippen LogP contribution is 2.20. The fourth-order valence-electron chi connectivity index (χ4n) is 3.37. The van der Waals surface area contributed by atoms with Crippen molar-refractivity contribution in [1.82, 2.24) is 15.2 Å². The van der Waals surface area contributed by atoms with Gasteiger partial charge in [-0.15, -0.1) is 0 Å². The number of alkyl carbamates (subject to hydrolysis) is 1. The highest BCUT2D eigenvalue weighted by Gasteiger charge is 2.27. The zero-order valence-electron chi connectivity index (χ0n) is 17.9. The van der Waals surface area contributed by atoms with E-state index in [2.05, 4.69) is 10.3 Å². The maximum atomic E-state index is 13.3. The van der Waals surface area contributed by atoms with Gasteiger partial charge >= 0.3 is 6.09 Å². The van der Waals surface area contributed by atoms with E-state index in [0.29, 0.717) is 13.0 Å². The Morgan fingerprint density at radius 1 is 1.07 bits per heavy atom. The molecule has 2 amide bonds. The summed E-state index contributed by atoms with van der Waals surface area (Å²) in [6.07, 6.45) is 1.65. The van der Waals surface area contributed by atoms with Crippen LogP contribution >= 0.6 is 0 Å². The Hall–Kier alpha value is -3.28. The maximum Gasteiger partial charge on any atom is 0.408 e. The number of H-pyrrole nitrogens is 1. The molecule has 1 aromatic heterocycles. The number of benzene rings is 2. The molecule has 6 heteroatoms. The number of para-hydroxylation sites is 1. The van der Waals surface area contributed by atoms with Crippen LogP contribution in [0.1, 0.15) is 31.9 Å². The van der Waals surface area contributed by atoms with E-state index in [0.717, 1.165) is 22.0 Å². The zero-order valence-corrected chi connectivity index (χ0v) is 17.9. The average Bonchev–Trinajstić information content (AvgIpc) is 3.09. The lowest BCUT2D eigenvalue weighted by atomic mass is 10.0. The van der Waals surface area contributed by atoms with E-state index in [4.69, 9.17) is 4.74 Å². The topological polar surface area (TPSA) is 74.4 Å². The van der Waals surface area contributed by atoms with Crippen molar-refractivity contribution in [3.63, 3.8) is 0 Å². The van der Waals surface area contributed by atoms with Crippen molar-refractivity contribution in [3.8, 4) is 0 Å². The van der Waals surface area contributed by atoms with Crippen molar-refractivity contribution < 1.29 is 14.3 Å². The van der Waals surface area contributed by atoms with Gasteiger partial charge in [-0.25, -0.2) is 4.79 Å². The molecule has 0 saturated carbocycles. The fraction of sp³-hybridized carbons (Fsp3) is 0.333. The number of nitrogens with one attached hydrogen (secondary N) is 2. The lowest BCUT2D eigenvalue weighted by Crippen LogP contribution is -2.49. The van der Waals surface area contributed by atoms with Gasteiger partial charge in [-0.1, -0.05) is 48.5 Å². The molecular formula is C24H29N3O3. The Balaban J connectivity index is 1.80. The minimum absolute atomic E-state index is 0.171. The number of nitrogens with zero attached hydrogens (tertiary/aromatic N) is 1. The van der Waals surface area contributed by atoms with Gasteiger partial charge in [0.05, 0.1) is 0 Å². The minimum atomic E-state index is -0.743. The zero-order chi connectivity index (χ0) is 21.7. The number of rotatable bonds is 6. The number of amides is 2. The summed E-state index contributed by atoms with van der Waals surface area (Å²) >= 11 is 0. The van der Waals surface area contributed by atoms with Crippen LogP contribution in [0.5, 0.6) is 0 Å². The van der Waals surface area contributed by atoms with Crippen LogP contribution in [-0.4, -0.2) is 40.6 Å². The predicted molar refractivity (Wildman–Crippen MR) is 118 cm³/mol. The first-order chi connectivity index (χ1) is 14.2. The van der Waals surface area contributed by atoms with Crippen molar-refractivity contribution in [3.05, 3.63) is 71.9 Å². The van der Waals surface area contributed by atoms with Crippen LogP contribution in [0.15, 0.2) is 60.8 Å². The van der Waals surface area contributed by atoms with Gasteiger partial charge < -0.3 is 19.9 Å². The third-order valence-corrected chi connectivity index (χ3v) is 4.73. The summed E-state index contributed by atoms with van der Waals surface area (Å²) in [5, 5.41) is 3.81. The highest BCUT2D eigenvalue weighted by atomic mass is 16.6. The number of likely N-dealkylation sites (N-methyl/N-ethyl adjacent to an activating group) is 1. The Morgan fingerprint density at radius 2 is 1.73 bits per heavy atom. The average molecular weight is 408 g/mol. The maximum absolute atomic E-state index is 13.3. The SMILES string of the molecule is CN(Cc1ccccc1)C(=O)[C@H](Cc1c[nH]c2ccccc12)NC(=O)OC(C)(C)C. The molecule has 1 heterocycles. The molecule has 3 rings (SSSR count). The first-order valence-electron chi connectivity index (χ1n) is 10.1. The van der Waals surface area contributed by atoms with Crippen LogP contribution in [0.25, 0.3) is 10.9 Å². The number of hydrogen-bond acceptors (Lipinski definition) is 3. The third kappa shape index (κ3) is 5.63. The monoisotopic (exact) mass is 407 g/mol. The second kappa shape index (κ2) is 9.03. The molecule has 6 nitrogen and oxygen atoms in total. The Bertz CT molecular complexity index is 1010. The molecule has 0 aliphatic heterocycles. The molecule has 0 aliphatic carbocycles. The standard InChI is InChI=1S/C24H29N3O3/c1-24(2,3)30-23(29)26-21(14-18-15-25-20-13-9-8-12-19(18)20)22(28)27(4)16-17-10-6-5-7-11-17/h5-13,15,21,25H,14,16H2,1-4H3,(H,26,29)/t21-/m0/s1. The van der Waals surface area contributed by atoms with Gasteiger partial charge in [-0.2, -0.15) is 0 Å². The van der Waals surface area contributed by atoms with Crippen LogP contribution < -0.4 is 5.32 Å². The van der Waals surface area contributed by atoms with Crippen LogP contribution in [0, 0.1) is 0 Å². The fourth-order valence-corrected chi connectivity index (χ4v) is 3.37. The summed E-state index contributed by atoms with van der Waals surface area (Å²) in [5.41, 5.74) is 2.34. The molecule has 0 fully saturated rings. The van der Waals surface area contributed by atoms with Crippen LogP contribution in [-0.2, 0) is 22.5 Å². The number of aromatic nitrogens is 1. The summed E-state index contributed by atoms with van der Waals surface area (Å²) < 4.78 is 5.39. The Labute approximate surface area is 177 Å².